The van der Waals surface area contributed by atoms with Gasteiger partial charge in [0, 0.05) is 19.3 Å². The van der Waals surface area contributed by atoms with E-state index in [0.29, 0.717) is 19.3 Å². The lowest BCUT2D eigenvalue weighted by Crippen LogP contribution is -2.50. The first kappa shape index (κ1) is 31.3. The van der Waals surface area contributed by atoms with Gasteiger partial charge in [0.1, 0.15) is 6.61 Å². The van der Waals surface area contributed by atoms with Crippen LogP contribution in [-0.4, -0.2) is 80.6 Å². The molecule has 2 unspecified atom stereocenters. The van der Waals surface area contributed by atoms with Crippen molar-refractivity contribution in [2.45, 2.75) is 103 Å². The quantitative estimate of drug-likeness (QED) is 0.150. The molecule has 0 amide bonds. The maximum Gasteiger partial charge on any atom is 0.362 e. The third-order valence-corrected chi connectivity index (χ3v) is 5.51. The van der Waals surface area contributed by atoms with Gasteiger partial charge in [0.15, 0.2) is 12.1 Å². The summed E-state index contributed by atoms with van der Waals surface area (Å²) in [7, 11) is 5.47. The summed E-state index contributed by atoms with van der Waals surface area (Å²) in [6.45, 7) is 4.46. The summed E-state index contributed by atoms with van der Waals surface area (Å²) in [6.07, 6.45) is 9.52. The first-order valence-corrected chi connectivity index (χ1v) is 12.6. The molecule has 8 heteroatoms. The minimum atomic E-state index is -0.881. The van der Waals surface area contributed by atoms with Gasteiger partial charge in [0.25, 0.3) is 0 Å². The molecule has 2 atom stereocenters. The smallest absolute Gasteiger partial charge is 0.362 e. The van der Waals surface area contributed by atoms with E-state index in [1.165, 1.54) is 19.3 Å². The maximum absolute atomic E-state index is 12.3. The average Bonchev–Trinajstić information content (AvgIpc) is 2.73. The van der Waals surface area contributed by atoms with Gasteiger partial charge in [-0.3, -0.25) is 9.59 Å². The van der Waals surface area contributed by atoms with E-state index in [9.17, 15) is 19.5 Å². The lowest BCUT2D eigenvalue weighted by Gasteiger charge is -2.31. The highest BCUT2D eigenvalue weighted by molar-refractivity contribution is 5.72. The number of carboxylic acids is 1. The highest BCUT2D eigenvalue weighted by atomic mass is 16.6. The number of esters is 2. The van der Waals surface area contributed by atoms with Crippen molar-refractivity contribution in [3.8, 4) is 0 Å². The van der Waals surface area contributed by atoms with Crippen molar-refractivity contribution in [3.05, 3.63) is 0 Å². The number of carbonyl (C=O) groups is 3. The van der Waals surface area contributed by atoms with Crippen LogP contribution in [0.25, 0.3) is 0 Å². The third-order valence-electron chi connectivity index (χ3n) is 5.51. The van der Waals surface area contributed by atoms with E-state index in [1.807, 2.05) is 21.1 Å². The molecule has 0 aliphatic rings. The molecule has 0 spiro atoms. The van der Waals surface area contributed by atoms with Crippen molar-refractivity contribution in [2.24, 2.45) is 0 Å². The second-order valence-electron chi connectivity index (χ2n) is 9.60. The van der Waals surface area contributed by atoms with Crippen LogP contribution in [0.15, 0.2) is 0 Å². The van der Waals surface area contributed by atoms with E-state index in [2.05, 4.69) is 13.8 Å². The Labute approximate surface area is 200 Å². The van der Waals surface area contributed by atoms with Gasteiger partial charge in [-0.1, -0.05) is 58.8 Å². The Morgan fingerprint density at radius 2 is 1.33 bits per heavy atom. The molecule has 0 bridgehead atoms. The zero-order chi connectivity index (χ0) is 25.1. The number of nitrogens with zero attached hydrogens (tertiary/aromatic N) is 1. The van der Waals surface area contributed by atoms with Gasteiger partial charge in [-0.25, -0.2) is 4.79 Å². The Morgan fingerprint density at radius 1 is 0.788 bits per heavy atom. The monoisotopic (exact) mass is 474 g/mol. The van der Waals surface area contributed by atoms with Crippen LogP contribution in [0.1, 0.15) is 90.9 Å². The molecule has 8 nitrogen and oxygen atoms in total. The number of carboxylic acid groups (broad SMARTS) is 1. The van der Waals surface area contributed by atoms with Crippen LogP contribution in [0.5, 0.6) is 0 Å². The summed E-state index contributed by atoms with van der Waals surface area (Å²) in [4.78, 5) is 35.7. The van der Waals surface area contributed by atoms with Crippen LogP contribution in [0, 0.1) is 0 Å². The molecule has 0 heterocycles. The second kappa shape index (κ2) is 18.7. The standard InChI is InChI=1S/C25H47NO7/c1-6-8-10-11-12-14-16-24(28)33-21(20-32-23(27)15-13-9-7-2)19-31-18-17-22(25(29)30)26(3,4)5/h21-22H,6-20H2,1-5H3/p+1. The molecule has 0 aromatic heterocycles. The normalized spacial score (nSPS) is 13.4. The number of unbranched alkanes of at least 4 members (excludes halogenated alkanes) is 7. The molecule has 0 rings (SSSR count). The first-order chi connectivity index (χ1) is 15.6. The minimum Gasteiger partial charge on any atom is -0.477 e. The summed E-state index contributed by atoms with van der Waals surface area (Å²) in [5, 5.41) is 9.42. The van der Waals surface area contributed by atoms with Crippen LogP contribution >= 0.6 is 0 Å². The molecular formula is C25H48NO7+. The Bertz CT molecular complexity index is 545. The Hall–Kier alpha value is -1.67. The van der Waals surface area contributed by atoms with Gasteiger partial charge < -0.3 is 23.8 Å². The molecule has 0 aliphatic heterocycles. The van der Waals surface area contributed by atoms with E-state index in [4.69, 9.17) is 14.2 Å². The van der Waals surface area contributed by atoms with Crippen LogP contribution in [0.4, 0.5) is 0 Å². The van der Waals surface area contributed by atoms with Gasteiger partial charge in [0.2, 0.25) is 0 Å². The number of quaternary nitrogens is 1. The Morgan fingerprint density at radius 3 is 1.94 bits per heavy atom. The molecule has 194 valence electrons. The van der Waals surface area contributed by atoms with Crippen molar-refractivity contribution in [1.82, 2.24) is 0 Å². The summed E-state index contributed by atoms with van der Waals surface area (Å²) < 4.78 is 16.7. The fourth-order valence-corrected chi connectivity index (χ4v) is 3.44. The number of ether oxygens (including phenoxy) is 3. The summed E-state index contributed by atoms with van der Waals surface area (Å²) >= 11 is 0. The largest absolute Gasteiger partial charge is 0.477 e. The number of rotatable bonds is 21. The second-order valence-corrected chi connectivity index (χ2v) is 9.60. The van der Waals surface area contributed by atoms with Crippen molar-refractivity contribution in [1.29, 1.82) is 0 Å². The molecule has 0 radical (unpaired) electrons. The molecule has 1 N–H and O–H groups in total. The zero-order valence-electron chi connectivity index (χ0n) is 21.6. The molecular weight excluding hydrogens is 426 g/mol. The van der Waals surface area contributed by atoms with Crippen LogP contribution in [0.3, 0.4) is 0 Å². The number of likely N-dealkylation sites (N-methyl/N-ethyl adjacent to an activating group) is 1. The average molecular weight is 475 g/mol. The summed E-state index contributed by atoms with van der Waals surface area (Å²) in [6, 6.07) is -0.602. The van der Waals surface area contributed by atoms with Gasteiger partial charge in [0.05, 0.1) is 34.4 Å². The lowest BCUT2D eigenvalue weighted by molar-refractivity contribution is -0.887. The molecule has 0 aliphatic carbocycles. The maximum atomic E-state index is 12.3. The SMILES string of the molecule is CCCCCCCCC(=O)OC(COCCC(C(=O)O)[N+](C)(C)C)COC(=O)CCCCC. The Kier molecular flexibility index (Phi) is 17.8. The van der Waals surface area contributed by atoms with Gasteiger partial charge in [-0.2, -0.15) is 0 Å². The summed E-state index contributed by atoms with van der Waals surface area (Å²) in [5.41, 5.74) is 0. The Balaban J connectivity index is 4.56. The van der Waals surface area contributed by atoms with Gasteiger partial charge in [-0.15, -0.1) is 0 Å². The van der Waals surface area contributed by atoms with E-state index in [-0.39, 0.29) is 36.2 Å². The molecule has 0 aromatic carbocycles. The van der Waals surface area contributed by atoms with Crippen LogP contribution in [-0.2, 0) is 28.6 Å². The number of hydrogen-bond acceptors (Lipinski definition) is 6. The predicted molar refractivity (Wildman–Crippen MR) is 128 cm³/mol. The molecule has 0 fully saturated rings. The van der Waals surface area contributed by atoms with E-state index in [1.54, 1.807) is 0 Å². The highest BCUT2D eigenvalue weighted by Crippen LogP contribution is 2.11. The van der Waals surface area contributed by atoms with E-state index < -0.39 is 18.1 Å². The topological polar surface area (TPSA) is 99.1 Å². The van der Waals surface area contributed by atoms with Crippen LogP contribution in [0.2, 0.25) is 0 Å². The van der Waals surface area contributed by atoms with Gasteiger partial charge >= 0.3 is 17.9 Å². The fraction of sp³-hybridized carbons (Fsp3) is 0.880. The van der Waals surface area contributed by atoms with Crippen molar-refractivity contribution >= 4 is 17.9 Å². The predicted octanol–water partition coefficient (Wildman–Crippen LogP) is 4.34. The molecule has 0 saturated carbocycles. The third kappa shape index (κ3) is 17.5. The number of carbonyl (C=O) groups excluding carboxylic acids is 2. The number of hydrogen-bond donors (Lipinski definition) is 1. The van der Waals surface area contributed by atoms with Crippen molar-refractivity contribution in [3.63, 3.8) is 0 Å². The minimum absolute atomic E-state index is 0.0507. The van der Waals surface area contributed by atoms with Crippen molar-refractivity contribution < 1.29 is 38.2 Å². The zero-order valence-corrected chi connectivity index (χ0v) is 21.6. The van der Waals surface area contributed by atoms with E-state index >= 15 is 0 Å². The first-order valence-electron chi connectivity index (χ1n) is 12.6. The van der Waals surface area contributed by atoms with E-state index in [0.717, 1.165) is 38.5 Å². The van der Waals surface area contributed by atoms with Crippen LogP contribution < -0.4 is 0 Å². The molecule has 33 heavy (non-hydrogen) atoms. The van der Waals surface area contributed by atoms with Crippen molar-refractivity contribution in [2.75, 3.05) is 41.0 Å². The highest BCUT2D eigenvalue weighted by Gasteiger charge is 2.31. The molecule has 0 aromatic rings. The lowest BCUT2D eigenvalue weighted by atomic mass is 10.1. The number of aliphatic carboxylic acids is 1. The van der Waals surface area contributed by atoms with Gasteiger partial charge in [-0.05, 0) is 12.8 Å². The summed E-state index contributed by atoms with van der Waals surface area (Å²) in [5.74, 6) is -1.51. The fourth-order valence-electron chi connectivity index (χ4n) is 3.44. The molecule has 0 saturated heterocycles.